The summed E-state index contributed by atoms with van der Waals surface area (Å²) in [6, 6.07) is 0.482. The Balaban J connectivity index is 1.35. The summed E-state index contributed by atoms with van der Waals surface area (Å²) in [6.45, 7) is 10.6. The maximum atomic E-state index is 13.2. The van der Waals surface area contributed by atoms with E-state index in [1.807, 2.05) is 0 Å². The molecule has 0 radical (unpaired) electrons. The lowest BCUT2D eigenvalue weighted by atomic mass is 9.51. The summed E-state index contributed by atoms with van der Waals surface area (Å²) >= 11 is 0. The maximum absolute atomic E-state index is 13.2. The van der Waals surface area contributed by atoms with Crippen molar-refractivity contribution in [2.75, 3.05) is 6.54 Å². The van der Waals surface area contributed by atoms with Gasteiger partial charge < -0.3 is 15.2 Å². The second-order valence-corrected chi connectivity index (χ2v) is 12.5. The Labute approximate surface area is 187 Å². The molecule has 1 spiro atoms. The van der Waals surface area contributed by atoms with Crippen molar-refractivity contribution in [1.29, 1.82) is 0 Å². The number of aliphatic hydroxyl groups is 1. The van der Waals surface area contributed by atoms with Crippen LogP contribution in [-0.2, 0) is 9.53 Å². The molecular formula is C27H41NO3. The summed E-state index contributed by atoms with van der Waals surface area (Å²) in [4.78, 5) is 13.2. The molecule has 4 aliphatic carbocycles. The van der Waals surface area contributed by atoms with E-state index in [9.17, 15) is 9.90 Å². The third-order valence-electron chi connectivity index (χ3n) is 11.2. The number of Topliss-reactive ketones (excluding diaryl/α,β-unsaturated/α-hetero) is 1. The Bertz CT molecular complexity index is 821. The van der Waals surface area contributed by atoms with Crippen LogP contribution in [0.25, 0.3) is 0 Å². The molecule has 5 fully saturated rings. The molecule has 4 nitrogen and oxygen atoms in total. The third-order valence-corrected chi connectivity index (χ3v) is 11.2. The van der Waals surface area contributed by atoms with E-state index in [1.54, 1.807) is 5.57 Å². The molecule has 2 N–H and O–H groups in total. The molecule has 2 heterocycles. The van der Waals surface area contributed by atoms with Crippen molar-refractivity contribution in [2.45, 2.75) is 103 Å². The van der Waals surface area contributed by atoms with Crippen LogP contribution in [0.2, 0.25) is 0 Å². The highest BCUT2D eigenvalue weighted by atomic mass is 16.5. The van der Waals surface area contributed by atoms with E-state index in [0.717, 1.165) is 38.6 Å². The molecule has 2 saturated heterocycles. The SMILES string of the molecule is CC1=C2C[C@@H]3[C@H](CC(=O)C4C[C@H](O)CC[C@]43C)[C@H]2CC[C@@]12OC1C[C@@H](C)CN[C@@H]1[C@@H]2C. The van der Waals surface area contributed by atoms with Crippen molar-refractivity contribution < 1.29 is 14.6 Å². The van der Waals surface area contributed by atoms with Crippen LogP contribution >= 0.6 is 0 Å². The van der Waals surface area contributed by atoms with Crippen LogP contribution in [0.1, 0.15) is 79.1 Å². The highest BCUT2D eigenvalue weighted by molar-refractivity contribution is 5.83. The summed E-state index contributed by atoms with van der Waals surface area (Å²) in [6.07, 6.45) is 8.02. The van der Waals surface area contributed by atoms with Gasteiger partial charge in [-0.15, -0.1) is 0 Å². The number of rotatable bonds is 0. The van der Waals surface area contributed by atoms with Crippen LogP contribution in [0.5, 0.6) is 0 Å². The largest absolute Gasteiger partial charge is 0.393 e. The lowest BCUT2D eigenvalue weighted by Gasteiger charge is -2.52. The Kier molecular flexibility index (Phi) is 4.64. The first-order chi connectivity index (χ1) is 14.7. The lowest BCUT2D eigenvalue weighted by Crippen LogP contribution is -2.51. The van der Waals surface area contributed by atoms with Crippen molar-refractivity contribution in [2.24, 2.45) is 40.9 Å². The Morgan fingerprint density at radius 3 is 2.74 bits per heavy atom. The van der Waals surface area contributed by atoms with Crippen molar-refractivity contribution in [3.8, 4) is 0 Å². The van der Waals surface area contributed by atoms with Crippen molar-refractivity contribution >= 4 is 5.78 Å². The average Bonchev–Trinajstić information content (AvgIpc) is 3.23. The van der Waals surface area contributed by atoms with E-state index in [1.165, 1.54) is 18.4 Å². The Morgan fingerprint density at radius 2 is 1.94 bits per heavy atom. The number of hydrogen-bond donors (Lipinski definition) is 2. The van der Waals surface area contributed by atoms with Crippen LogP contribution < -0.4 is 5.32 Å². The predicted octanol–water partition coefficient (Wildman–Crippen LogP) is 4.26. The molecule has 0 bridgehead atoms. The zero-order valence-electron chi connectivity index (χ0n) is 19.8. The predicted molar refractivity (Wildman–Crippen MR) is 120 cm³/mol. The number of hydrogen-bond acceptors (Lipinski definition) is 4. The number of piperidine rings is 1. The van der Waals surface area contributed by atoms with E-state index in [0.29, 0.717) is 53.9 Å². The Hall–Kier alpha value is -0.710. The zero-order chi connectivity index (χ0) is 21.7. The van der Waals surface area contributed by atoms with E-state index in [4.69, 9.17) is 4.74 Å². The fraction of sp³-hybridized carbons (Fsp3) is 0.889. The van der Waals surface area contributed by atoms with Gasteiger partial charge in [0.15, 0.2) is 0 Å². The lowest BCUT2D eigenvalue weighted by molar-refractivity contribution is -0.145. The van der Waals surface area contributed by atoms with Gasteiger partial charge in [0, 0.05) is 24.3 Å². The van der Waals surface area contributed by atoms with Crippen molar-refractivity contribution in [1.82, 2.24) is 5.32 Å². The van der Waals surface area contributed by atoms with Crippen LogP contribution in [-0.4, -0.2) is 41.3 Å². The maximum Gasteiger partial charge on any atom is 0.136 e. The summed E-state index contributed by atoms with van der Waals surface area (Å²) in [5.41, 5.74) is 3.15. The van der Waals surface area contributed by atoms with E-state index >= 15 is 0 Å². The molecule has 11 atom stereocenters. The summed E-state index contributed by atoms with van der Waals surface area (Å²) < 4.78 is 7.00. The van der Waals surface area contributed by atoms with Gasteiger partial charge in [0.1, 0.15) is 5.78 Å². The fourth-order valence-electron chi connectivity index (χ4n) is 9.46. The molecule has 2 unspecified atom stereocenters. The van der Waals surface area contributed by atoms with Crippen molar-refractivity contribution in [3.63, 3.8) is 0 Å². The molecule has 0 aromatic carbocycles. The number of carbonyl (C=O) groups is 1. The summed E-state index contributed by atoms with van der Waals surface area (Å²) in [5.74, 6) is 3.41. The van der Waals surface area contributed by atoms with Crippen molar-refractivity contribution in [3.05, 3.63) is 11.1 Å². The standard InChI is InChI=1S/C27H41NO3/c1-14-9-24-25(28-13-14)16(3)27(31-24)8-6-18-19(15(27)2)11-21-20(18)12-23(30)22-10-17(29)5-7-26(21,22)4/h14,16-18,20-22,24-25,28-29H,5-13H2,1-4H3/t14-,16+,17-,18+,20-,21-,22?,24?,25-,26+,27-/m1/s1. The van der Waals surface area contributed by atoms with Crippen LogP contribution in [0.15, 0.2) is 11.1 Å². The number of fused-ring (bicyclic) bond motifs is 6. The number of aliphatic hydroxyl groups excluding tert-OH is 1. The molecule has 6 rings (SSSR count). The number of nitrogens with one attached hydrogen (secondary N) is 1. The number of allylic oxidation sites excluding steroid dienone is 1. The molecule has 6 aliphatic rings. The van der Waals surface area contributed by atoms with E-state index < -0.39 is 0 Å². The third kappa shape index (κ3) is 2.74. The molecular weight excluding hydrogens is 386 g/mol. The van der Waals surface area contributed by atoms with Gasteiger partial charge in [-0.2, -0.15) is 0 Å². The van der Waals surface area contributed by atoms with Gasteiger partial charge in [-0.3, -0.25) is 4.79 Å². The molecule has 2 aliphatic heterocycles. The molecule has 31 heavy (non-hydrogen) atoms. The quantitative estimate of drug-likeness (QED) is 0.567. The number of ketones is 1. The highest BCUT2D eigenvalue weighted by Crippen LogP contribution is 2.65. The van der Waals surface area contributed by atoms with E-state index in [2.05, 4.69) is 33.0 Å². The molecule has 3 saturated carbocycles. The Morgan fingerprint density at radius 1 is 1.13 bits per heavy atom. The molecule has 172 valence electrons. The second kappa shape index (κ2) is 6.90. The molecule has 0 aromatic rings. The fourth-order valence-corrected chi connectivity index (χ4v) is 9.46. The van der Waals surface area contributed by atoms with Gasteiger partial charge in [-0.05, 0) is 93.1 Å². The minimum Gasteiger partial charge on any atom is -0.393 e. The first-order valence-corrected chi connectivity index (χ1v) is 13.1. The van der Waals surface area contributed by atoms with Crippen LogP contribution in [0, 0.1) is 40.9 Å². The van der Waals surface area contributed by atoms with Gasteiger partial charge in [0.25, 0.3) is 0 Å². The van der Waals surface area contributed by atoms with Gasteiger partial charge in [-0.25, -0.2) is 0 Å². The van der Waals surface area contributed by atoms with E-state index in [-0.39, 0.29) is 23.0 Å². The topological polar surface area (TPSA) is 58.6 Å². The van der Waals surface area contributed by atoms with Gasteiger partial charge >= 0.3 is 0 Å². The minimum absolute atomic E-state index is 0.0720. The monoisotopic (exact) mass is 427 g/mol. The number of ether oxygens (including phenoxy) is 1. The average molecular weight is 428 g/mol. The van der Waals surface area contributed by atoms with Gasteiger partial charge in [0.2, 0.25) is 0 Å². The summed E-state index contributed by atoms with van der Waals surface area (Å²) in [5, 5.41) is 14.1. The number of carbonyl (C=O) groups excluding carboxylic acids is 1. The molecule has 0 aromatic heterocycles. The van der Waals surface area contributed by atoms with Gasteiger partial charge in [-0.1, -0.05) is 26.3 Å². The van der Waals surface area contributed by atoms with Crippen LogP contribution in [0.3, 0.4) is 0 Å². The van der Waals surface area contributed by atoms with Gasteiger partial charge in [0.05, 0.1) is 17.8 Å². The highest BCUT2D eigenvalue weighted by Gasteiger charge is 2.62. The summed E-state index contributed by atoms with van der Waals surface area (Å²) in [7, 11) is 0. The first-order valence-electron chi connectivity index (χ1n) is 13.1. The normalized spacial score (nSPS) is 56.3. The zero-order valence-corrected chi connectivity index (χ0v) is 19.8. The molecule has 4 heteroatoms. The molecule has 0 amide bonds. The first kappa shape index (κ1) is 20.9. The van der Waals surface area contributed by atoms with Crippen LogP contribution in [0.4, 0.5) is 0 Å². The smallest absolute Gasteiger partial charge is 0.136 e. The second-order valence-electron chi connectivity index (χ2n) is 12.5. The minimum atomic E-state index is -0.280.